The number of amides is 1. The summed E-state index contributed by atoms with van der Waals surface area (Å²) in [5.74, 6) is -0.200. The Bertz CT molecular complexity index is 460. The predicted molar refractivity (Wildman–Crippen MR) is 87.4 cm³/mol. The van der Waals surface area contributed by atoms with Crippen molar-refractivity contribution in [2.75, 3.05) is 6.54 Å². The van der Waals surface area contributed by atoms with E-state index in [-0.39, 0.29) is 41.1 Å². The molecule has 0 aromatic heterocycles. The molecule has 6 heteroatoms. The van der Waals surface area contributed by atoms with Gasteiger partial charge in [0.1, 0.15) is 17.3 Å². The van der Waals surface area contributed by atoms with Crippen molar-refractivity contribution in [3.8, 4) is 0 Å². The molecule has 0 spiro atoms. The van der Waals surface area contributed by atoms with E-state index in [1.165, 1.54) is 25.7 Å². The van der Waals surface area contributed by atoms with Crippen molar-refractivity contribution in [3.63, 3.8) is 0 Å². The van der Waals surface area contributed by atoms with Gasteiger partial charge in [0, 0.05) is 18.5 Å². The Morgan fingerprint density at radius 3 is 1.91 bits per heavy atom. The molecule has 1 aliphatic rings. The quantitative estimate of drug-likeness (QED) is 0.805. The summed E-state index contributed by atoms with van der Waals surface area (Å²) in [7, 11) is 0. The minimum absolute atomic E-state index is 0.0331. The summed E-state index contributed by atoms with van der Waals surface area (Å²) in [5, 5.41) is 9.23. The van der Waals surface area contributed by atoms with Gasteiger partial charge in [0.15, 0.2) is 0 Å². The van der Waals surface area contributed by atoms with Crippen LogP contribution in [0.5, 0.6) is 0 Å². The van der Waals surface area contributed by atoms with Crippen molar-refractivity contribution in [2.45, 2.75) is 66.8 Å². The molecule has 1 heterocycles. The van der Waals surface area contributed by atoms with E-state index in [1.807, 2.05) is 20.8 Å². The Hall–Kier alpha value is -1.72. The molecule has 6 nitrogen and oxygen atoms in total. The first-order valence-corrected chi connectivity index (χ1v) is 7.85. The summed E-state index contributed by atoms with van der Waals surface area (Å²) in [4.78, 5) is 45.1. The Labute approximate surface area is 138 Å². The molecular formula is C17H29NO5. The number of piperidine rings is 1. The van der Waals surface area contributed by atoms with Crippen LogP contribution in [-0.4, -0.2) is 46.0 Å². The highest BCUT2D eigenvalue weighted by molar-refractivity contribution is 5.99. The Morgan fingerprint density at radius 2 is 1.57 bits per heavy atom. The fraction of sp³-hybridized carbons (Fsp3) is 0.765. The number of nitrogens with zero attached hydrogens (tertiary/aromatic N) is 1. The zero-order valence-corrected chi connectivity index (χ0v) is 15.0. The first-order chi connectivity index (χ1) is 10.4. The minimum atomic E-state index is -0.933. The number of hydrogen-bond acceptors (Lipinski definition) is 4. The number of ketones is 3. The van der Waals surface area contributed by atoms with Crippen LogP contribution in [0.1, 0.15) is 60.8 Å². The lowest BCUT2D eigenvalue weighted by Crippen LogP contribution is -2.52. The summed E-state index contributed by atoms with van der Waals surface area (Å²) in [6.45, 7) is 10.8. The smallest absolute Gasteiger partial charge is 0.407 e. The van der Waals surface area contributed by atoms with Gasteiger partial charge in [0.25, 0.3) is 0 Å². The fourth-order valence-corrected chi connectivity index (χ4v) is 2.70. The largest absolute Gasteiger partial charge is 0.465 e. The molecule has 0 aromatic rings. The standard InChI is InChI=1S/C14H23NO4.C3H6O/c1-9(16)7-11(17)10-5-6-15(13(18)19)12(8-10)14(2,3)4;1-3(2)4/h10,12H,5-8H2,1-4H3,(H,18,19);1-2H3. The van der Waals surface area contributed by atoms with Crippen LogP contribution >= 0.6 is 0 Å². The average Bonchev–Trinajstić information content (AvgIpc) is 2.35. The van der Waals surface area contributed by atoms with E-state index in [0.717, 1.165) is 0 Å². The molecule has 0 bridgehead atoms. The number of rotatable bonds is 3. The average molecular weight is 327 g/mol. The lowest BCUT2D eigenvalue weighted by Gasteiger charge is -2.44. The van der Waals surface area contributed by atoms with Gasteiger partial charge in [0.2, 0.25) is 0 Å². The third-order valence-corrected chi connectivity index (χ3v) is 3.73. The van der Waals surface area contributed by atoms with Gasteiger partial charge >= 0.3 is 6.09 Å². The molecule has 2 unspecified atom stereocenters. The van der Waals surface area contributed by atoms with Gasteiger partial charge in [-0.1, -0.05) is 20.8 Å². The normalized spacial score (nSPS) is 21.0. The summed E-state index contributed by atoms with van der Waals surface area (Å²) in [6, 6.07) is -0.181. The summed E-state index contributed by atoms with van der Waals surface area (Å²) < 4.78 is 0. The van der Waals surface area contributed by atoms with Gasteiger partial charge in [-0.05, 0) is 39.0 Å². The number of carboxylic acid groups (broad SMARTS) is 1. The summed E-state index contributed by atoms with van der Waals surface area (Å²) >= 11 is 0. The van der Waals surface area contributed by atoms with Gasteiger partial charge in [-0.3, -0.25) is 9.59 Å². The third kappa shape index (κ3) is 7.90. The predicted octanol–water partition coefficient (Wildman–Crippen LogP) is 2.93. The lowest BCUT2D eigenvalue weighted by atomic mass is 9.75. The molecule has 1 amide bonds. The van der Waals surface area contributed by atoms with Crippen molar-refractivity contribution in [3.05, 3.63) is 0 Å². The van der Waals surface area contributed by atoms with Gasteiger partial charge < -0.3 is 14.8 Å². The van der Waals surface area contributed by atoms with Crippen molar-refractivity contribution in [1.82, 2.24) is 4.90 Å². The summed E-state index contributed by atoms with van der Waals surface area (Å²) in [5.41, 5.74) is -0.215. The zero-order chi connectivity index (χ0) is 18.4. The van der Waals surface area contributed by atoms with Crippen LogP contribution < -0.4 is 0 Å². The monoisotopic (exact) mass is 327 g/mol. The molecule has 2 atom stereocenters. The maximum atomic E-state index is 12.0. The van der Waals surface area contributed by atoms with E-state index in [0.29, 0.717) is 19.4 Å². The molecule has 1 N–H and O–H groups in total. The van der Waals surface area contributed by atoms with Crippen LogP contribution in [0.25, 0.3) is 0 Å². The molecule has 1 aliphatic heterocycles. The van der Waals surface area contributed by atoms with Crippen LogP contribution in [0.15, 0.2) is 0 Å². The van der Waals surface area contributed by atoms with E-state index in [1.54, 1.807) is 0 Å². The van der Waals surface area contributed by atoms with Crippen LogP contribution in [0.2, 0.25) is 0 Å². The second-order valence-electron chi connectivity index (χ2n) is 7.33. The molecule has 0 radical (unpaired) electrons. The zero-order valence-electron chi connectivity index (χ0n) is 15.0. The van der Waals surface area contributed by atoms with E-state index >= 15 is 0 Å². The highest BCUT2D eigenvalue weighted by atomic mass is 16.4. The van der Waals surface area contributed by atoms with E-state index in [9.17, 15) is 24.3 Å². The highest BCUT2D eigenvalue weighted by Crippen LogP contribution is 2.35. The fourth-order valence-electron chi connectivity index (χ4n) is 2.70. The van der Waals surface area contributed by atoms with Crippen LogP contribution in [0, 0.1) is 11.3 Å². The Morgan fingerprint density at radius 1 is 1.09 bits per heavy atom. The van der Waals surface area contributed by atoms with E-state index in [4.69, 9.17) is 0 Å². The van der Waals surface area contributed by atoms with Gasteiger partial charge in [0.05, 0.1) is 6.42 Å². The SMILES string of the molecule is CC(=O)CC(=O)C1CCN(C(=O)O)C(C(C)(C)C)C1.CC(C)=O. The third-order valence-electron chi connectivity index (χ3n) is 3.73. The highest BCUT2D eigenvalue weighted by Gasteiger charge is 2.40. The molecule has 0 aliphatic carbocycles. The first kappa shape index (κ1) is 21.3. The molecule has 0 aromatic carbocycles. The molecule has 1 saturated heterocycles. The van der Waals surface area contributed by atoms with Gasteiger partial charge in [-0.2, -0.15) is 0 Å². The molecule has 1 rings (SSSR count). The number of Topliss-reactive ketones (excluding diaryl/α,β-unsaturated/α-hetero) is 3. The van der Waals surface area contributed by atoms with Crippen LogP contribution in [0.3, 0.4) is 0 Å². The first-order valence-electron chi connectivity index (χ1n) is 7.85. The lowest BCUT2D eigenvalue weighted by molar-refractivity contribution is -0.130. The molecule has 1 fully saturated rings. The second kappa shape index (κ2) is 8.79. The van der Waals surface area contributed by atoms with Crippen molar-refractivity contribution >= 4 is 23.4 Å². The molecule has 23 heavy (non-hydrogen) atoms. The van der Waals surface area contributed by atoms with Crippen LogP contribution in [-0.2, 0) is 14.4 Å². The minimum Gasteiger partial charge on any atom is -0.465 e. The van der Waals surface area contributed by atoms with Gasteiger partial charge in [-0.15, -0.1) is 0 Å². The number of likely N-dealkylation sites (tertiary alicyclic amines) is 1. The summed E-state index contributed by atoms with van der Waals surface area (Å²) in [6.07, 6.45) is 0.0685. The second-order valence-corrected chi connectivity index (χ2v) is 7.33. The maximum absolute atomic E-state index is 12.0. The Kier molecular flexibility index (Phi) is 8.14. The van der Waals surface area contributed by atoms with E-state index < -0.39 is 6.09 Å². The Balaban J connectivity index is 0.00000108. The van der Waals surface area contributed by atoms with Gasteiger partial charge in [-0.25, -0.2) is 4.79 Å². The molecule has 132 valence electrons. The van der Waals surface area contributed by atoms with Crippen molar-refractivity contribution in [2.24, 2.45) is 11.3 Å². The molecule has 0 saturated carbocycles. The molecular weight excluding hydrogens is 298 g/mol. The van der Waals surface area contributed by atoms with Crippen molar-refractivity contribution < 1.29 is 24.3 Å². The topological polar surface area (TPSA) is 91.8 Å². The maximum Gasteiger partial charge on any atom is 0.407 e. The van der Waals surface area contributed by atoms with Crippen molar-refractivity contribution in [1.29, 1.82) is 0 Å². The van der Waals surface area contributed by atoms with Crippen LogP contribution in [0.4, 0.5) is 4.79 Å². The number of hydrogen-bond donors (Lipinski definition) is 1. The number of carbonyl (C=O) groups is 4. The van der Waals surface area contributed by atoms with E-state index in [2.05, 4.69) is 0 Å². The number of carbonyl (C=O) groups excluding carboxylic acids is 3.